The van der Waals surface area contributed by atoms with E-state index in [1.54, 1.807) is 58.2 Å². The van der Waals surface area contributed by atoms with E-state index in [1.807, 2.05) is 26.0 Å². The molecule has 1 saturated carbocycles. The third kappa shape index (κ3) is 13.6. The van der Waals surface area contributed by atoms with Crippen LogP contribution < -0.4 is 5.32 Å². The van der Waals surface area contributed by atoms with E-state index < -0.39 is 96.1 Å². The summed E-state index contributed by atoms with van der Waals surface area (Å²) in [7, 11) is 4.59. The number of aliphatic hydroxyl groups excluding tert-OH is 1. The van der Waals surface area contributed by atoms with Gasteiger partial charge in [-0.3, -0.25) is 19.7 Å². The highest BCUT2D eigenvalue weighted by Crippen LogP contribution is 2.39. The highest BCUT2D eigenvalue weighted by Gasteiger charge is 2.56. The van der Waals surface area contributed by atoms with Crippen molar-refractivity contribution in [2.45, 2.75) is 160 Å². The van der Waals surface area contributed by atoms with Gasteiger partial charge in [0.2, 0.25) is 5.79 Å². The van der Waals surface area contributed by atoms with Crippen molar-refractivity contribution in [3.05, 3.63) is 65.2 Å². The second kappa shape index (κ2) is 24.5. The molecule has 3 N–H and O–H groups in total. The first kappa shape index (κ1) is 54.0. The van der Waals surface area contributed by atoms with Crippen molar-refractivity contribution in [3.63, 3.8) is 0 Å². The number of amides is 2. The summed E-state index contributed by atoms with van der Waals surface area (Å²) < 4.78 is 36.0. The number of hydrogen-bond acceptors (Lipinski definition) is 13. The fraction of sp³-hybridized carbons (Fsp3) is 0.667. The molecule has 3 heterocycles. The number of allylic oxidation sites excluding steroid dienone is 4. The molecule has 15 nitrogen and oxygen atoms in total. The van der Waals surface area contributed by atoms with Crippen LogP contribution in [0.4, 0.5) is 10.5 Å². The summed E-state index contributed by atoms with van der Waals surface area (Å²) in [4.78, 5) is 71.3. The van der Waals surface area contributed by atoms with Crippen LogP contribution in [-0.2, 0) is 47.6 Å². The van der Waals surface area contributed by atoms with Crippen molar-refractivity contribution in [1.29, 1.82) is 0 Å². The number of carbonyl (C=O) groups is 5. The van der Waals surface area contributed by atoms with E-state index in [-0.39, 0.29) is 43.4 Å². The van der Waals surface area contributed by atoms with Crippen LogP contribution >= 0.6 is 11.6 Å². The first-order chi connectivity index (χ1) is 31.8. The molecule has 1 aromatic rings. The molecule has 0 spiro atoms. The van der Waals surface area contributed by atoms with Crippen molar-refractivity contribution < 1.29 is 62.6 Å². The largest absolute Gasteiger partial charge is 0.456 e. The predicted octanol–water partition coefficient (Wildman–Crippen LogP) is 7.55. The van der Waals surface area contributed by atoms with E-state index in [4.69, 9.17) is 40.0 Å². The molecule has 2 amide bonds. The molecule has 0 radical (unpaired) electrons. The summed E-state index contributed by atoms with van der Waals surface area (Å²) in [6.07, 6.45) is 3.58. The SMILES string of the molecule is C=CCC1C=C(C)CC(C)CC(OC)C2OC(O)(C(=O)C(=O)N3CCCCC3C(=O)OC(C(C)=CC3CCC(OC(=O)Nc4ccc(Cl)cc4)C(OC)C3)C(C)C(O)CC1=O)C(C)CC2OC. The maximum absolute atomic E-state index is 14.5. The number of halogens is 1. The van der Waals surface area contributed by atoms with E-state index in [0.717, 1.165) is 5.57 Å². The van der Waals surface area contributed by atoms with Crippen molar-refractivity contribution in [2.24, 2.45) is 29.6 Å². The highest BCUT2D eigenvalue weighted by atomic mass is 35.5. The van der Waals surface area contributed by atoms with Gasteiger partial charge in [-0.05, 0) is 120 Å². The van der Waals surface area contributed by atoms with Gasteiger partial charge in [-0.25, -0.2) is 9.59 Å². The summed E-state index contributed by atoms with van der Waals surface area (Å²) in [5, 5.41) is 27.2. The number of Topliss-reactive ketones (excluding diaryl/α,β-unsaturated/α-hetero) is 2. The summed E-state index contributed by atoms with van der Waals surface area (Å²) in [5.41, 5.74) is 2.07. The number of benzene rings is 1. The average molecular weight is 958 g/mol. The van der Waals surface area contributed by atoms with Crippen LogP contribution in [0.1, 0.15) is 105 Å². The normalized spacial score (nSPS) is 35.6. The van der Waals surface area contributed by atoms with Crippen LogP contribution in [0.25, 0.3) is 0 Å². The van der Waals surface area contributed by atoms with Gasteiger partial charge in [0.25, 0.3) is 11.7 Å². The number of fused-ring (bicyclic) bond motifs is 3. The zero-order chi connectivity index (χ0) is 49.2. The third-order valence-electron chi connectivity index (χ3n) is 14.2. The number of anilines is 1. The first-order valence-corrected chi connectivity index (χ1v) is 24.2. The molecule has 3 aliphatic heterocycles. The van der Waals surface area contributed by atoms with Crippen LogP contribution in [0.2, 0.25) is 5.02 Å². The average Bonchev–Trinajstić information content (AvgIpc) is 3.30. The Balaban J connectivity index is 1.47. The number of nitrogens with one attached hydrogen (secondary N) is 1. The van der Waals surface area contributed by atoms with Crippen molar-refractivity contribution in [2.75, 3.05) is 33.2 Å². The molecule has 16 heteroatoms. The monoisotopic (exact) mass is 956 g/mol. The van der Waals surface area contributed by atoms with Gasteiger partial charge < -0.3 is 43.5 Å². The maximum atomic E-state index is 14.5. The molecule has 4 aliphatic rings. The Labute approximate surface area is 400 Å². The van der Waals surface area contributed by atoms with E-state index in [2.05, 4.69) is 11.9 Å². The summed E-state index contributed by atoms with van der Waals surface area (Å²) in [6, 6.07) is 5.47. The zero-order valence-corrected chi connectivity index (χ0v) is 41.2. The van der Waals surface area contributed by atoms with Crippen molar-refractivity contribution in [1.82, 2.24) is 4.90 Å². The van der Waals surface area contributed by atoms with Gasteiger partial charge in [0.15, 0.2) is 0 Å². The molecule has 1 aromatic carbocycles. The van der Waals surface area contributed by atoms with E-state index >= 15 is 0 Å². The Bertz CT molecular complexity index is 1960. The standard InChI is InChI=1S/C51H73ClN2O13/c1-10-13-35-23-29(2)22-30(3)24-43(63-8)46-44(64-9)26-32(5)51(61,67-46)47(57)48(58)54-21-12-11-14-38(54)49(59)66-45(33(6)39(55)28-40(35)56)31(4)25-34-15-20-41(42(27-34)62-7)65-50(60)53-37-18-16-36(52)17-19-37/h10,16-19,23,25,30,32-35,38-39,41-46,55,61H,1,11-15,20-22,24,26-28H2,2-9H3,(H,53,60). The third-order valence-corrected chi connectivity index (χ3v) is 14.4. The Hall–Kier alpha value is -3.96. The minimum Gasteiger partial charge on any atom is -0.456 e. The molecule has 14 unspecified atom stereocenters. The number of aliphatic hydroxyl groups is 2. The van der Waals surface area contributed by atoms with Crippen LogP contribution in [0.5, 0.6) is 0 Å². The Morgan fingerprint density at radius 2 is 1.61 bits per heavy atom. The molecule has 0 aromatic heterocycles. The van der Waals surface area contributed by atoms with Crippen molar-refractivity contribution >= 4 is 46.8 Å². The Kier molecular flexibility index (Phi) is 19.8. The lowest BCUT2D eigenvalue weighted by molar-refractivity contribution is -0.302. The van der Waals surface area contributed by atoms with Crippen molar-refractivity contribution in [3.8, 4) is 0 Å². The molecular weight excluding hydrogens is 884 g/mol. The molecule has 5 rings (SSSR count). The molecule has 372 valence electrons. The number of esters is 1. The lowest BCUT2D eigenvalue weighted by atomic mass is 9.81. The fourth-order valence-electron chi connectivity index (χ4n) is 10.4. The predicted molar refractivity (Wildman–Crippen MR) is 252 cm³/mol. The number of hydrogen-bond donors (Lipinski definition) is 3. The van der Waals surface area contributed by atoms with Crippen LogP contribution in [0.3, 0.4) is 0 Å². The Morgan fingerprint density at radius 3 is 2.27 bits per heavy atom. The van der Waals surface area contributed by atoms with Gasteiger partial charge in [-0.1, -0.05) is 56.2 Å². The lowest BCUT2D eigenvalue weighted by Gasteiger charge is -2.47. The molecule has 1 aliphatic carbocycles. The van der Waals surface area contributed by atoms with Gasteiger partial charge in [0.1, 0.15) is 30.1 Å². The fourth-order valence-corrected chi connectivity index (χ4v) is 10.5. The lowest BCUT2D eigenvalue weighted by Crippen LogP contribution is -2.64. The van der Waals surface area contributed by atoms with E-state index in [9.17, 15) is 34.2 Å². The minimum absolute atomic E-state index is 0.0135. The second-order valence-corrected chi connectivity index (χ2v) is 19.7. The number of rotatable bonds is 9. The molecule has 14 atom stereocenters. The van der Waals surface area contributed by atoms with E-state index in [1.165, 1.54) is 19.1 Å². The number of piperidine rings is 1. The van der Waals surface area contributed by atoms with Crippen LogP contribution in [0.15, 0.2) is 60.2 Å². The smallest absolute Gasteiger partial charge is 0.411 e. The quantitative estimate of drug-likeness (QED) is 0.125. The zero-order valence-electron chi connectivity index (χ0n) is 40.4. The molecule has 2 bridgehead atoms. The van der Waals surface area contributed by atoms with Gasteiger partial charge in [0.05, 0.1) is 24.4 Å². The molecular formula is C51H73ClN2O13. The summed E-state index contributed by atoms with van der Waals surface area (Å²) in [6.45, 7) is 13.1. The topological polar surface area (TPSA) is 196 Å². The number of ether oxygens (including phenoxy) is 6. The van der Waals surface area contributed by atoms with Crippen LogP contribution in [0, 0.1) is 29.6 Å². The van der Waals surface area contributed by atoms with Crippen LogP contribution in [-0.4, -0.2) is 127 Å². The number of carbonyl (C=O) groups excluding carboxylic acids is 5. The molecule has 2 saturated heterocycles. The van der Waals surface area contributed by atoms with Gasteiger partial charge in [-0.2, -0.15) is 0 Å². The molecule has 67 heavy (non-hydrogen) atoms. The van der Waals surface area contributed by atoms with Gasteiger partial charge in [0, 0.05) is 62.8 Å². The highest BCUT2D eigenvalue weighted by molar-refractivity contribution is 6.39. The number of methoxy groups -OCH3 is 3. The number of cyclic esters (lactones) is 1. The molecule has 3 fully saturated rings. The summed E-state index contributed by atoms with van der Waals surface area (Å²) >= 11 is 5.99. The first-order valence-electron chi connectivity index (χ1n) is 23.8. The summed E-state index contributed by atoms with van der Waals surface area (Å²) in [5.74, 6) is -8.14. The van der Waals surface area contributed by atoms with Gasteiger partial charge in [-0.15, -0.1) is 6.58 Å². The maximum Gasteiger partial charge on any atom is 0.411 e. The van der Waals surface area contributed by atoms with Gasteiger partial charge >= 0.3 is 12.1 Å². The number of ketones is 2. The number of nitrogens with zero attached hydrogens (tertiary/aromatic N) is 1. The minimum atomic E-state index is -2.54. The Morgan fingerprint density at radius 1 is 0.940 bits per heavy atom. The second-order valence-electron chi connectivity index (χ2n) is 19.3. The van der Waals surface area contributed by atoms with E-state index in [0.29, 0.717) is 67.6 Å².